The van der Waals surface area contributed by atoms with Crippen molar-refractivity contribution in [3.63, 3.8) is 0 Å². The van der Waals surface area contributed by atoms with Crippen LogP contribution in [0.1, 0.15) is 12.0 Å². The molecule has 3 aromatic rings. The maximum absolute atomic E-state index is 12.9. The Morgan fingerprint density at radius 1 is 1.35 bits per heavy atom. The van der Waals surface area contributed by atoms with Gasteiger partial charge in [-0.2, -0.15) is 5.26 Å². The molecule has 0 radical (unpaired) electrons. The molecule has 26 heavy (non-hydrogen) atoms. The van der Waals surface area contributed by atoms with E-state index in [9.17, 15) is 9.59 Å². The number of hydrogen-bond acceptors (Lipinski definition) is 5. The number of amides is 1. The highest BCUT2D eigenvalue weighted by atomic mass is 32.1. The van der Waals surface area contributed by atoms with Crippen molar-refractivity contribution >= 4 is 27.5 Å². The van der Waals surface area contributed by atoms with Crippen molar-refractivity contribution in [2.24, 2.45) is 0 Å². The molecule has 0 N–H and O–H groups in total. The van der Waals surface area contributed by atoms with E-state index in [1.807, 2.05) is 43.3 Å². The van der Waals surface area contributed by atoms with E-state index in [1.54, 1.807) is 7.05 Å². The van der Waals surface area contributed by atoms with Crippen molar-refractivity contribution in [1.29, 1.82) is 5.26 Å². The zero-order valence-corrected chi connectivity index (χ0v) is 15.4. The Hall–Kier alpha value is -2.98. The van der Waals surface area contributed by atoms with E-state index < -0.39 is 0 Å². The Bertz CT molecular complexity index is 1050. The summed E-state index contributed by atoms with van der Waals surface area (Å²) in [5.41, 5.74) is 1.72. The van der Waals surface area contributed by atoms with Crippen LogP contribution in [-0.2, 0) is 11.3 Å². The summed E-state index contributed by atoms with van der Waals surface area (Å²) in [6.07, 6.45) is 1.68. The molecule has 1 amide bonds. The minimum atomic E-state index is -0.223. The number of aryl methyl sites for hydroxylation is 1. The summed E-state index contributed by atoms with van der Waals surface area (Å²) in [5, 5.41) is 9.18. The SMILES string of the molecule is Cc1c(-c2ccccc2)sc2ncn(CC(=O)N(C)CCC#N)c(=O)c12. The van der Waals surface area contributed by atoms with Crippen LogP contribution in [0.3, 0.4) is 0 Å². The molecule has 7 heteroatoms. The molecule has 0 saturated heterocycles. The van der Waals surface area contributed by atoms with Gasteiger partial charge in [0.2, 0.25) is 5.91 Å². The van der Waals surface area contributed by atoms with Crippen LogP contribution < -0.4 is 5.56 Å². The van der Waals surface area contributed by atoms with Crippen LogP contribution in [0.4, 0.5) is 0 Å². The summed E-state index contributed by atoms with van der Waals surface area (Å²) in [6, 6.07) is 11.9. The van der Waals surface area contributed by atoms with Gasteiger partial charge in [0.1, 0.15) is 11.4 Å². The van der Waals surface area contributed by atoms with Crippen LogP contribution in [0, 0.1) is 18.3 Å². The van der Waals surface area contributed by atoms with Crippen molar-refractivity contribution < 1.29 is 4.79 Å². The molecule has 1 aromatic carbocycles. The largest absolute Gasteiger partial charge is 0.343 e. The molecule has 132 valence electrons. The van der Waals surface area contributed by atoms with Crippen LogP contribution in [-0.4, -0.2) is 34.0 Å². The quantitative estimate of drug-likeness (QED) is 0.695. The van der Waals surface area contributed by atoms with Crippen molar-refractivity contribution in [2.45, 2.75) is 19.9 Å². The lowest BCUT2D eigenvalue weighted by atomic mass is 10.1. The Labute approximate surface area is 154 Å². The fourth-order valence-corrected chi connectivity index (χ4v) is 3.89. The van der Waals surface area contributed by atoms with Gasteiger partial charge in [0, 0.05) is 18.5 Å². The van der Waals surface area contributed by atoms with Gasteiger partial charge in [-0.25, -0.2) is 4.98 Å². The summed E-state index contributed by atoms with van der Waals surface area (Å²) in [4.78, 5) is 32.6. The van der Waals surface area contributed by atoms with Crippen LogP contribution in [0.2, 0.25) is 0 Å². The number of thiophene rings is 1. The second kappa shape index (κ2) is 7.50. The number of likely N-dealkylation sites (N-methyl/N-ethyl adjacent to an activating group) is 1. The standard InChI is InChI=1S/C19H18N4O2S/c1-13-16-18(26-17(13)14-7-4-3-5-8-14)21-12-23(19(16)25)11-15(24)22(2)10-6-9-20/h3-5,7-8,12H,6,10-11H2,1-2H3. The number of nitriles is 1. The topological polar surface area (TPSA) is 79.0 Å². The third-order valence-electron chi connectivity index (χ3n) is 4.24. The summed E-state index contributed by atoms with van der Waals surface area (Å²) < 4.78 is 1.34. The van der Waals surface area contributed by atoms with Gasteiger partial charge >= 0.3 is 0 Å². The number of carbonyl (C=O) groups excluding carboxylic acids is 1. The van der Waals surface area contributed by atoms with Crippen molar-refractivity contribution in [3.8, 4) is 16.5 Å². The number of carbonyl (C=O) groups is 1. The van der Waals surface area contributed by atoms with E-state index >= 15 is 0 Å². The number of hydrogen-bond donors (Lipinski definition) is 0. The van der Waals surface area contributed by atoms with Gasteiger partial charge in [0.25, 0.3) is 5.56 Å². The Morgan fingerprint density at radius 3 is 2.77 bits per heavy atom. The predicted octanol–water partition coefficient (Wildman–Crippen LogP) is 2.81. The average Bonchev–Trinajstić information content (AvgIpc) is 3.00. The smallest absolute Gasteiger partial charge is 0.262 e. The van der Waals surface area contributed by atoms with Gasteiger partial charge in [-0.15, -0.1) is 11.3 Å². The van der Waals surface area contributed by atoms with E-state index in [0.29, 0.717) is 16.8 Å². The van der Waals surface area contributed by atoms with Crippen molar-refractivity contribution in [2.75, 3.05) is 13.6 Å². The minimum absolute atomic E-state index is 0.0837. The molecule has 0 aliphatic heterocycles. The fourth-order valence-electron chi connectivity index (χ4n) is 2.75. The minimum Gasteiger partial charge on any atom is -0.343 e. The van der Waals surface area contributed by atoms with E-state index in [4.69, 9.17) is 5.26 Å². The monoisotopic (exact) mass is 366 g/mol. The molecular weight excluding hydrogens is 348 g/mol. The van der Waals surface area contributed by atoms with E-state index in [2.05, 4.69) is 4.98 Å². The lowest BCUT2D eigenvalue weighted by Crippen LogP contribution is -2.34. The Morgan fingerprint density at radius 2 is 2.08 bits per heavy atom. The van der Waals surface area contributed by atoms with Gasteiger partial charge < -0.3 is 4.90 Å². The molecule has 0 saturated carbocycles. The first kappa shape index (κ1) is 17.8. The highest BCUT2D eigenvalue weighted by Gasteiger charge is 2.17. The van der Waals surface area contributed by atoms with Crippen LogP contribution in [0.5, 0.6) is 0 Å². The van der Waals surface area contributed by atoms with E-state index in [0.717, 1.165) is 16.0 Å². The zero-order valence-electron chi connectivity index (χ0n) is 14.6. The van der Waals surface area contributed by atoms with Crippen LogP contribution in [0.15, 0.2) is 41.5 Å². The van der Waals surface area contributed by atoms with E-state index in [1.165, 1.54) is 27.1 Å². The molecule has 0 aliphatic carbocycles. The number of benzene rings is 1. The second-order valence-electron chi connectivity index (χ2n) is 6.00. The molecule has 0 fully saturated rings. The molecular formula is C19H18N4O2S. The summed E-state index contributed by atoms with van der Waals surface area (Å²) in [5.74, 6) is -0.223. The van der Waals surface area contributed by atoms with Crippen molar-refractivity contribution in [3.05, 3.63) is 52.6 Å². The molecule has 2 heterocycles. The molecule has 0 aliphatic rings. The lowest BCUT2D eigenvalue weighted by molar-refractivity contribution is -0.130. The Balaban J connectivity index is 1.97. The van der Waals surface area contributed by atoms with Crippen LogP contribution >= 0.6 is 11.3 Å². The van der Waals surface area contributed by atoms with Gasteiger partial charge in [0.05, 0.1) is 24.2 Å². The molecule has 0 atom stereocenters. The number of aromatic nitrogens is 2. The first-order chi connectivity index (χ1) is 12.5. The first-order valence-electron chi connectivity index (χ1n) is 8.17. The number of nitrogens with zero attached hydrogens (tertiary/aromatic N) is 4. The maximum Gasteiger partial charge on any atom is 0.262 e. The average molecular weight is 366 g/mol. The zero-order chi connectivity index (χ0) is 18.7. The van der Waals surface area contributed by atoms with Crippen LogP contribution in [0.25, 0.3) is 20.7 Å². The predicted molar refractivity (Wildman–Crippen MR) is 102 cm³/mol. The molecule has 6 nitrogen and oxygen atoms in total. The second-order valence-corrected chi connectivity index (χ2v) is 7.00. The number of rotatable bonds is 5. The highest BCUT2D eigenvalue weighted by Crippen LogP contribution is 2.35. The maximum atomic E-state index is 12.9. The van der Waals surface area contributed by atoms with Gasteiger partial charge in [0.15, 0.2) is 0 Å². The van der Waals surface area contributed by atoms with Gasteiger partial charge in [-0.1, -0.05) is 30.3 Å². The lowest BCUT2D eigenvalue weighted by Gasteiger charge is -2.15. The summed E-state index contributed by atoms with van der Waals surface area (Å²) in [7, 11) is 1.63. The summed E-state index contributed by atoms with van der Waals surface area (Å²) >= 11 is 1.48. The van der Waals surface area contributed by atoms with Gasteiger partial charge in [-0.3, -0.25) is 14.2 Å². The third-order valence-corrected chi connectivity index (χ3v) is 5.49. The fraction of sp³-hybridized carbons (Fsp3) is 0.263. The summed E-state index contributed by atoms with van der Waals surface area (Å²) in [6.45, 7) is 2.17. The Kier molecular flexibility index (Phi) is 5.14. The molecule has 3 rings (SSSR count). The third kappa shape index (κ3) is 3.37. The first-order valence-corrected chi connectivity index (χ1v) is 8.99. The normalized spacial score (nSPS) is 10.7. The molecule has 0 spiro atoms. The molecule has 0 unspecified atom stereocenters. The van der Waals surface area contributed by atoms with Gasteiger partial charge in [-0.05, 0) is 18.1 Å². The van der Waals surface area contributed by atoms with Crippen molar-refractivity contribution in [1.82, 2.24) is 14.5 Å². The molecule has 2 aromatic heterocycles. The highest BCUT2D eigenvalue weighted by molar-refractivity contribution is 7.22. The van der Waals surface area contributed by atoms with E-state index in [-0.39, 0.29) is 24.4 Å². The number of fused-ring (bicyclic) bond motifs is 1. The molecule has 0 bridgehead atoms.